The van der Waals surface area contributed by atoms with E-state index in [4.69, 9.17) is 14.2 Å². The van der Waals surface area contributed by atoms with Crippen molar-refractivity contribution in [1.82, 2.24) is 5.32 Å². The molecule has 8 heteroatoms. The van der Waals surface area contributed by atoms with Crippen molar-refractivity contribution < 1.29 is 28.6 Å². The Morgan fingerprint density at radius 1 is 1.03 bits per heavy atom. The number of anilines is 1. The van der Waals surface area contributed by atoms with Crippen LogP contribution in [-0.4, -0.2) is 43.6 Å². The van der Waals surface area contributed by atoms with Crippen LogP contribution in [0, 0.1) is 0 Å². The standard InChI is InChI=1S/C25H30N2O6/c1-16(2)33-21-13-12-17(14-22(21)31-3)25(30)32-15-23(28)27-20-11-7-6-10-19(20)24(29)26-18-8-4-5-9-18/h6-7,10-14,16,18H,4-5,8-9,15H2,1-3H3,(H,26,29)(H,27,28). The van der Waals surface area contributed by atoms with E-state index in [1.165, 1.54) is 13.2 Å². The van der Waals surface area contributed by atoms with Crippen LogP contribution in [0.4, 0.5) is 5.69 Å². The molecule has 1 fully saturated rings. The molecule has 0 aliphatic heterocycles. The van der Waals surface area contributed by atoms with Crippen molar-refractivity contribution in [2.45, 2.75) is 51.7 Å². The average Bonchev–Trinajstić information content (AvgIpc) is 3.30. The number of methoxy groups -OCH3 is 1. The van der Waals surface area contributed by atoms with Crippen LogP contribution in [0.5, 0.6) is 11.5 Å². The molecule has 2 aromatic carbocycles. The van der Waals surface area contributed by atoms with Crippen molar-refractivity contribution in [2.24, 2.45) is 0 Å². The summed E-state index contributed by atoms with van der Waals surface area (Å²) in [4.78, 5) is 37.4. The highest BCUT2D eigenvalue weighted by molar-refractivity contribution is 6.04. The molecule has 1 aliphatic carbocycles. The number of hydrogen-bond donors (Lipinski definition) is 2. The molecule has 33 heavy (non-hydrogen) atoms. The summed E-state index contributed by atoms with van der Waals surface area (Å²) in [5.41, 5.74) is 0.965. The van der Waals surface area contributed by atoms with Crippen molar-refractivity contribution in [2.75, 3.05) is 19.0 Å². The molecule has 1 aliphatic rings. The minimum absolute atomic E-state index is 0.0523. The van der Waals surface area contributed by atoms with Gasteiger partial charge in [-0.3, -0.25) is 9.59 Å². The van der Waals surface area contributed by atoms with Gasteiger partial charge in [0.05, 0.1) is 30.0 Å². The van der Waals surface area contributed by atoms with Crippen LogP contribution in [0.1, 0.15) is 60.2 Å². The van der Waals surface area contributed by atoms with E-state index in [2.05, 4.69) is 10.6 Å². The van der Waals surface area contributed by atoms with Crippen molar-refractivity contribution in [3.8, 4) is 11.5 Å². The largest absolute Gasteiger partial charge is 0.493 e. The van der Waals surface area contributed by atoms with E-state index in [-0.39, 0.29) is 23.6 Å². The summed E-state index contributed by atoms with van der Waals surface area (Å²) < 4.78 is 16.1. The summed E-state index contributed by atoms with van der Waals surface area (Å²) in [5, 5.41) is 5.66. The van der Waals surface area contributed by atoms with Gasteiger partial charge in [0.1, 0.15) is 0 Å². The van der Waals surface area contributed by atoms with E-state index < -0.39 is 18.5 Å². The number of para-hydroxylation sites is 1. The van der Waals surface area contributed by atoms with Gasteiger partial charge in [-0.25, -0.2) is 4.79 Å². The Kier molecular flexibility index (Phi) is 8.29. The maximum Gasteiger partial charge on any atom is 0.338 e. The molecule has 0 saturated heterocycles. The number of carbonyl (C=O) groups is 3. The number of hydrogen-bond acceptors (Lipinski definition) is 6. The Balaban J connectivity index is 1.58. The Morgan fingerprint density at radius 3 is 2.45 bits per heavy atom. The Morgan fingerprint density at radius 2 is 1.76 bits per heavy atom. The van der Waals surface area contributed by atoms with Gasteiger partial charge in [0.15, 0.2) is 18.1 Å². The molecule has 2 aromatic rings. The number of nitrogens with one attached hydrogen (secondary N) is 2. The zero-order valence-electron chi connectivity index (χ0n) is 19.2. The fourth-order valence-corrected chi connectivity index (χ4v) is 3.67. The number of carbonyl (C=O) groups excluding carboxylic acids is 3. The lowest BCUT2D eigenvalue weighted by Gasteiger charge is -2.15. The first-order valence-corrected chi connectivity index (χ1v) is 11.1. The molecular weight excluding hydrogens is 424 g/mol. The van der Waals surface area contributed by atoms with Crippen molar-refractivity contribution in [3.05, 3.63) is 53.6 Å². The van der Waals surface area contributed by atoms with Crippen LogP contribution in [0.15, 0.2) is 42.5 Å². The Labute approximate surface area is 193 Å². The number of amides is 2. The lowest BCUT2D eigenvalue weighted by Crippen LogP contribution is -2.33. The minimum atomic E-state index is -0.674. The second-order valence-corrected chi connectivity index (χ2v) is 8.16. The molecule has 3 rings (SSSR count). The van der Waals surface area contributed by atoms with Gasteiger partial charge >= 0.3 is 5.97 Å². The smallest absolute Gasteiger partial charge is 0.338 e. The highest BCUT2D eigenvalue weighted by Gasteiger charge is 2.20. The SMILES string of the molecule is COc1cc(C(=O)OCC(=O)Nc2ccccc2C(=O)NC2CCCC2)ccc1OC(C)C. The highest BCUT2D eigenvalue weighted by Crippen LogP contribution is 2.29. The fraction of sp³-hybridized carbons (Fsp3) is 0.400. The molecule has 2 amide bonds. The van der Waals surface area contributed by atoms with Crippen molar-refractivity contribution in [3.63, 3.8) is 0 Å². The topological polar surface area (TPSA) is 103 Å². The summed E-state index contributed by atoms with van der Waals surface area (Å²) in [6, 6.07) is 11.6. The van der Waals surface area contributed by atoms with Gasteiger partial charge in [0.2, 0.25) is 0 Å². The molecule has 1 saturated carbocycles. The molecular formula is C25H30N2O6. The lowest BCUT2D eigenvalue weighted by atomic mass is 10.1. The van der Waals surface area contributed by atoms with Crippen molar-refractivity contribution >= 4 is 23.5 Å². The Hall–Kier alpha value is -3.55. The third-order valence-corrected chi connectivity index (χ3v) is 5.23. The molecule has 0 bridgehead atoms. The zero-order chi connectivity index (χ0) is 23.8. The van der Waals surface area contributed by atoms with E-state index in [9.17, 15) is 14.4 Å². The van der Waals surface area contributed by atoms with E-state index in [0.717, 1.165) is 25.7 Å². The molecule has 8 nitrogen and oxygen atoms in total. The van der Waals surface area contributed by atoms with Gasteiger partial charge in [-0.05, 0) is 57.0 Å². The average molecular weight is 455 g/mol. The highest BCUT2D eigenvalue weighted by atomic mass is 16.5. The van der Waals surface area contributed by atoms with E-state index >= 15 is 0 Å². The second kappa shape index (κ2) is 11.4. The predicted molar refractivity (Wildman–Crippen MR) is 124 cm³/mol. The van der Waals surface area contributed by atoms with Crippen LogP contribution in [-0.2, 0) is 9.53 Å². The van der Waals surface area contributed by atoms with Gasteiger partial charge in [-0.1, -0.05) is 25.0 Å². The first kappa shape index (κ1) is 24.1. The van der Waals surface area contributed by atoms with Gasteiger partial charge in [-0.15, -0.1) is 0 Å². The third-order valence-electron chi connectivity index (χ3n) is 5.23. The Bertz CT molecular complexity index is 998. The molecule has 0 radical (unpaired) electrons. The zero-order valence-corrected chi connectivity index (χ0v) is 19.2. The molecule has 0 atom stereocenters. The molecule has 0 heterocycles. The summed E-state index contributed by atoms with van der Waals surface area (Å²) in [6.45, 7) is 3.28. The molecule has 2 N–H and O–H groups in total. The van der Waals surface area contributed by atoms with Crippen LogP contribution < -0.4 is 20.1 Å². The number of benzene rings is 2. The summed E-state index contributed by atoms with van der Waals surface area (Å²) in [7, 11) is 1.48. The van der Waals surface area contributed by atoms with Crippen LogP contribution in [0.2, 0.25) is 0 Å². The van der Waals surface area contributed by atoms with Gasteiger partial charge in [0, 0.05) is 6.04 Å². The molecule has 0 aromatic heterocycles. The van der Waals surface area contributed by atoms with Gasteiger partial charge < -0.3 is 24.8 Å². The quantitative estimate of drug-likeness (QED) is 0.556. The normalized spacial score (nSPS) is 13.5. The van der Waals surface area contributed by atoms with E-state index in [1.54, 1.807) is 36.4 Å². The second-order valence-electron chi connectivity index (χ2n) is 8.16. The first-order valence-electron chi connectivity index (χ1n) is 11.1. The monoisotopic (exact) mass is 454 g/mol. The molecule has 0 unspecified atom stereocenters. The number of ether oxygens (including phenoxy) is 3. The first-order chi connectivity index (χ1) is 15.9. The van der Waals surface area contributed by atoms with Gasteiger partial charge in [-0.2, -0.15) is 0 Å². The summed E-state index contributed by atoms with van der Waals surface area (Å²) in [5.74, 6) is -0.548. The summed E-state index contributed by atoms with van der Waals surface area (Å²) in [6.07, 6.45) is 4.09. The van der Waals surface area contributed by atoms with E-state index in [0.29, 0.717) is 22.7 Å². The third kappa shape index (κ3) is 6.71. The van der Waals surface area contributed by atoms with Crippen molar-refractivity contribution in [1.29, 1.82) is 0 Å². The number of esters is 1. The molecule has 0 spiro atoms. The maximum atomic E-state index is 12.6. The lowest BCUT2D eigenvalue weighted by molar-refractivity contribution is -0.119. The minimum Gasteiger partial charge on any atom is -0.493 e. The summed E-state index contributed by atoms with van der Waals surface area (Å²) >= 11 is 0. The van der Waals surface area contributed by atoms with Crippen LogP contribution >= 0.6 is 0 Å². The predicted octanol–water partition coefficient (Wildman–Crippen LogP) is 3.95. The fourth-order valence-electron chi connectivity index (χ4n) is 3.67. The van der Waals surface area contributed by atoms with Gasteiger partial charge in [0.25, 0.3) is 11.8 Å². The van der Waals surface area contributed by atoms with Crippen LogP contribution in [0.3, 0.4) is 0 Å². The maximum absolute atomic E-state index is 12.6. The van der Waals surface area contributed by atoms with Crippen LogP contribution in [0.25, 0.3) is 0 Å². The number of rotatable bonds is 9. The van der Waals surface area contributed by atoms with E-state index in [1.807, 2.05) is 13.8 Å². The molecule has 176 valence electrons.